The summed E-state index contributed by atoms with van der Waals surface area (Å²) < 4.78 is 58.5. The van der Waals surface area contributed by atoms with Crippen LogP contribution in [0.3, 0.4) is 0 Å². The second-order valence-corrected chi connectivity index (χ2v) is 6.06. The van der Waals surface area contributed by atoms with Gasteiger partial charge in [-0.2, -0.15) is 23.0 Å². The number of rotatable bonds is 4. The van der Waals surface area contributed by atoms with E-state index in [1.54, 1.807) is 6.92 Å². The number of alkyl halides is 4. The number of benzene rings is 1. The fraction of sp³-hybridized carbons (Fsp3) is 0.312. The fourth-order valence-corrected chi connectivity index (χ4v) is 2.65. The number of aromatic nitrogens is 2. The molecule has 0 saturated heterocycles. The third kappa shape index (κ3) is 4.04. The maximum absolute atomic E-state index is 14.2. The highest BCUT2D eigenvalue weighted by atomic mass is 35.5. The SMILES string of the molecule is CCOC(=S)C(Cl)c1ccc(F)c(-n2ncc(C(F)(F)F)c(C)c2=O)c1. The van der Waals surface area contributed by atoms with Crippen LogP contribution in [0.4, 0.5) is 17.6 Å². The highest BCUT2D eigenvalue weighted by Gasteiger charge is 2.34. The smallest absolute Gasteiger partial charge is 0.418 e. The highest BCUT2D eigenvalue weighted by Crippen LogP contribution is 2.30. The molecule has 0 spiro atoms. The normalized spacial score (nSPS) is 12.7. The Morgan fingerprint density at radius 1 is 1.42 bits per heavy atom. The summed E-state index contributed by atoms with van der Waals surface area (Å²) in [6, 6.07) is 3.55. The van der Waals surface area contributed by atoms with E-state index in [2.05, 4.69) is 5.10 Å². The summed E-state index contributed by atoms with van der Waals surface area (Å²) in [5.74, 6) is -0.853. The number of halogens is 5. The summed E-state index contributed by atoms with van der Waals surface area (Å²) in [6.45, 7) is 3.00. The Bertz CT molecular complexity index is 899. The molecule has 10 heteroatoms. The molecule has 1 aromatic heterocycles. The number of nitrogens with zero attached hydrogens (tertiary/aromatic N) is 2. The molecule has 0 N–H and O–H groups in total. The van der Waals surface area contributed by atoms with Crippen LogP contribution in [-0.4, -0.2) is 21.4 Å². The Kier molecular flexibility index (Phi) is 6.02. The van der Waals surface area contributed by atoms with Crippen molar-refractivity contribution in [2.75, 3.05) is 6.61 Å². The van der Waals surface area contributed by atoms with Crippen molar-refractivity contribution >= 4 is 28.9 Å². The molecule has 2 aromatic rings. The summed E-state index contributed by atoms with van der Waals surface area (Å²) in [4.78, 5) is 12.3. The van der Waals surface area contributed by atoms with Gasteiger partial charge in [0, 0.05) is 5.56 Å². The molecule has 1 unspecified atom stereocenters. The fourth-order valence-electron chi connectivity index (χ4n) is 2.20. The first-order valence-corrected chi connectivity index (χ1v) is 8.19. The number of ether oxygens (including phenoxy) is 1. The first-order valence-electron chi connectivity index (χ1n) is 7.34. The molecule has 0 radical (unpaired) electrons. The first kappa shape index (κ1) is 20.3. The van der Waals surface area contributed by atoms with Crippen molar-refractivity contribution in [2.24, 2.45) is 0 Å². The van der Waals surface area contributed by atoms with Crippen molar-refractivity contribution in [3.8, 4) is 5.69 Å². The van der Waals surface area contributed by atoms with Crippen LogP contribution in [0.5, 0.6) is 0 Å². The molecule has 26 heavy (non-hydrogen) atoms. The summed E-state index contributed by atoms with van der Waals surface area (Å²) in [5, 5.41) is 2.60. The third-order valence-electron chi connectivity index (χ3n) is 3.51. The van der Waals surface area contributed by atoms with Gasteiger partial charge in [0.05, 0.1) is 18.4 Å². The van der Waals surface area contributed by atoms with E-state index in [1.165, 1.54) is 12.1 Å². The van der Waals surface area contributed by atoms with Crippen LogP contribution < -0.4 is 5.56 Å². The number of thiocarbonyl (C=S) groups is 1. The Morgan fingerprint density at radius 3 is 2.65 bits per heavy atom. The third-order valence-corrected chi connectivity index (χ3v) is 4.44. The molecule has 0 fully saturated rings. The predicted molar refractivity (Wildman–Crippen MR) is 92.3 cm³/mol. The Hall–Kier alpha value is -2.00. The first-order chi connectivity index (χ1) is 12.1. The van der Waals surface area contributed by atoms with Crippen LogP contribution in [0, 0.1) is 12.7 Å². The summed E-state index contributed by atoms with van der Waals surface area (Å²) in [6.07, 6.45) is -4.26. The molecule has 2 rings (SSSR count). The second kappa shape index (κ2) is 7.71. The van der Waals surface area contributed by atoms with Crippen LogP contribution in [0.15, 0.2) is 29.2 Å². The molecule has 4 nitrogen and oxygen atoms in total. The molecule has 1 atom stereocenters. The van der Waals surface area contributed by atoms with E-state index in [0.717, 1.165) is 13.0 Å². The van der Waals surface area contributed by atoms with Crippen molar-refractivity contribution in [3.63, 3.8) is 0 Å². The molecule has 0 aliphatic carbocycles. The summed E-state index contributed by atoms with van der Waals surface area (Å²) in [7, 11) is 0. The lowest BCUT2D eigenvalue weighted by Crippen LogP contribution is -2.28. The lowest BCUT2D eigenvalue weighted by Gasteiger charge is -2.15. The Morgan fingerprint density at radius 2 is 2.08 bits per heavy atom. The van der Waals surface area contributed by atoms with Gasteiger partial charge in [-0.15, -0.1) is 11.6 Å². The van der Waals surface area contributed by atoms with Crippen molar-refractivity contribution in [3.05, 3.63) is 57.3 Å². The maximum Gasteiger partial charge on any atom is 0.418 e. The number of hydrogen-bond donors (Lipinski definition) is 0. The molecule has 140 valence electrons. The molecular formula is C16H13ClF4N2O2S. The largest absolute Gasteiger partial charge is 0.485 e. The quantitative estimate of drug-likeness (QED) is 0.429. The van der Waals surface area contributed by atoms with E-state index in [9.17, 15) is 22.4 Å². The molecule has 1 heterocycles. The highest BCUT2D eigenvalue weighted by molar-refractivity contribution is 7.80. The van der Waals surface area contributed by atoms with Crippen molar-refractivity contribution < 1.29 is 22.3 Å². The van der Waals surface area contributed by atoms with Gasteiger partial charge in [0.25, 0.3) is 5.56 Å². The van der Waals surface area contributed by atoms with Crippen LogP contribution in [0.1, 0.15) is 29.0 Å². The van der Waals surface area contributed by atoms with Crippen LogP contribution in [0.25, 0.3) is 5.69 Å². The van der Waals surface area contributed by atoms with Crippen LogP contribution in [-0.2, 0) is 10.9 Å². The zero-order valence-corrected chi connectivity index (χ0v) is 15.2. The van der Waals surface area contributed by atoms with E-state index in [4.69, 9.17) is 28.6 Å². The van der Waals surface area contributed by atoms with E-state index >= 15 is 0 Å². The maximum atomic E-state index is 14.2. The molecule has 0 bridgehead atoms. The van der Waals surface area contributed by atoms with Crippen LogP contribution >= 0.6 is 23.8 Å². The summed E-state index contributed by atoms with van der Waals surface area (Å²) in [5.41, 5.74) is -2.89. The van der Waals surface area contributed by atoms with Gasteiger partial charge >= 0.3 is 6.18 Å². The number of hydrogen-bond acceptors (Lipinski definition) is 4. The minimum Gasteiger partial charge on any atom is -0.485 e. The standard InChI is InChI=1S/C16H13ClF4N2O2S/c1-3-25-15(26)13(17)9-4-5-11(18)12(6-9)23-14(24)8(2)10(7-22-23)16(19,20)21/h4-7,13H,3H2,1-2H3. The zero-order valence-electron chi connectivity index (χ0n) is 13.6. The average Bonchev–Trinajstić information content (AvgIpc) is 2.56. The lowest BCUT2D eigenvalue weighted by molar-refractivity contribution is -0.138. The van der Waals surface area contributed by atoms with Crippen molar-refractivity contribution in [1.29, 1.82) is 0 Å². The molecule has 0 amide bonds. The molecule has 0 aliphatic heterocycles. The van der Waals surface area contributed by atoms with Gasteiger partial charge in [-0.1, -0.05) is 6.07 Å². The topological polar surface area (TPSA) is 44.1 Å². The predicted octanol–water partition coefficient (Wildman–Crippen LogP) is 4.34. The van der Waals surface area contributed by atoms with Crippen molar-refractivity contribution in [1.82, 2.24) is 9.78 Å². The van der Waals surface area contributed by atoms with Gasteiger partial charge in [0.15, 0.2) is 5.05 Å². The van der Waals surface area contributed by atoms with Gasteiger partial charge in [0.1, 0.15) is 16.9 Å². The zero-order chi connectivity index (χ0) is 19.6. The minimum absolute atomic E-state index is 0.0515. The van der Waals surface area contributed by atoms with E-state index < -0.39 is 34.1 Å². The molecule has 1 aromatic carbocycles. The summed E-state index contributed by atoms with van der Waals surface area (Å²) >= 11 is 11.2. The lowest BCUT2D eigenvalue weighted by atomic mass is 10.1. The average molecular weight is 409 g/mol. The second-order valence-electron chi connectivity index (χ2n) is 5.22. The van der Waals surface area contributed by atoms with Gasteiger partial charge in [-0.25, -0.2) is 4.39 Å². The van der Waals surface area contributed by atoms with E-state index in [-0.39, 0.29) is 17.3 Å². The molecule has 0 aliphatic rings. The van der Waals surface area contributed by atoms with Crippen molar-refractivity contribution in [2.45, 2.75) is 25.4 Å². The van der Waals surface area contributed by atoms with E-state index in [0.29, 0.717) is 16.4 Å². The van der Waals surface area contributed by atoms with E-state index in [1.807, 2.05) is 0 Å². The molecular weight excluding hydrogens is 396 g/mol. The van der Waals surface area contributed by atoms with Gasteiger partial charge in [0.2, 0.25) is 0 Å². The minimum atomic E-state index is -4.74. The Labute approximate surface area is 156 Å². The molecule has 0 saturated carbocycles. The van der Waals surface area contributed by atoms with Crippen LogP contribution in [0.2, 0.25) is 0 Å². The monoisotopic (exact) mass is 408 g/mol. The Balaban J connectivity index is 2.56. The van der Waals surface area contributed by atoms with Gasteiger partial charge in [-0.05, 0) is 43.8 Å². The van der Waals surface area contributed by atoms with Gasteiger partial charge in [-0.3, -0.25) is 4.79 Å². The van der Waals surface area contributed by atoms with Gasteiger partial charge < -0.3 is 4.74 Å².